The van der Waals surface area contributed by atoms with Crippen LogP contribution in [0.4, 0.5) is 4.39 Å². The summed E-state index contributed by atoms with van der Waals surface area (Å²) in [7, 11) is 0. The highest BCUT2D eigenvalue weighted by molar-refractivity contribution is 6.31. The number of nitrogens with zero attached hydrogens (tertiary/aromatic N) is 1. The highest BCUT2D eigenvalue weighted by Gasteiger charge is 2.56. The molecule has 1 aromatic rings. The van der Waals surface area contributed by atoms with Crippen molar-refractivity contribution in [1.29, 1.82) is 0 Å². The van der Waals surface area contributed by atoms with Crippen LogP contribution in [0.15, 0.2) is 18.2 Å². The van der Waals surface area contributed by atoms with Gasteiger partial charge in [-0.1, -0.05) is 36.9 Å². The molecule has 6 heteroatoms. The Morgan fingerprint density at radius 3 is 2.33 bits per heavy atom. The van der Waals surface area contributed by atoms with Crippen molar-refractivity contribution in [2.75, 3.05) is 13.1 Å². The van der Waals surface area contributed by atoms with E-state index in [0.717, 1.165) is 18.4 Å². The Bertz CT molecular complexity index is 710. The van der Waals surface area contributed by atoms with Crippen molar-refractivity contribution >= 4 is 23.2 Å². The van der Waals surface area contributed by atoms with Crippen molar-refractivity contribution in [3.05, 3.63) is 34.6 Å². The fourth-order valence-electron chi connectivity index (χ4n) is 4.20. The molecule has 1 aromatic carbocycles. The van der Waals surface area contributed by atoms with Gasteiger partial charge in [-0.05, 0) is 50.3 Å². The first-order valence-corrected chi connectivity index (χ1v) is 10.2. The number of hydrogen-bond donors (Lipinski definition) is 1. The molecule has 1 saturated carbocycles. The molecule has 3 fully saturated rings. The van der Waals surface area contributed by atoms with Gasteiger partial charge in [-0.15, -0.1) is 0 Å². The van der Waals surface area contributed by atoms with Crippen LogP contribution in [0.25, 0.3) is 0 Å². The van der Waals surface area contributed by atoms with Gasteiger partial charge < -0.3 is 5.32 Å². The van der Waals surface area contributed by atoms with Gasteiger partial charge in [0.25, 0.3) is 0 Å². The molecule has 0 spiro atoms. The van der Waals surface area contributed by atoms with E-state index in [1.807, 2.05) is 13.8 Å². The largest absolute Gasteiger partial charge is 0.303 e. The molecular weight excluding hydrogens is 367 g/mol. The Kier molecular flexibility index (Phi) is 6.34. The Morgan fingerprint density at radius 1 is 1.19 bits per heavy atom. The number of rotatable bonds is 3. The van der Waals surface area contributed by atoms with Crippen molar-refractivity contribution in [2.24, 2.45) is 5.92 Å². The zero-order valence-electron chi connectivity index (χ0n) is 16.1. The van der Waals surface area contributed by atoms with Crippen molar-refractivity contribution in [3.8, 4) is 0 Å². The lowest BCUT2D eigenvalue weighted by molar-refractivity contribution is -0.163. The molecule has 2 heterocycles. The van der Waals surface area contributed by atoms with Crippen molar-refractivity contribution in [3.63, 3.8) is 0 Å². The summed E-state index contributed by atoms with van der Waals surface area (Å²) in [4.78, 5) is 24.7. The molecule has 1 atom stereocenters. The van der Waals surface area contributed by atoms with Crippen LogP contribution in [0, 0.1) is 11.7 Å². The second-order valence-corrected chi connectivity index (χ2v) is 8.68. The smallest absolute Gasteiger partial charge is 0.169 e. The number of Topliss-reactive ketones (excluding diaryl/α,β-unsaturated/α-hetero) is 2. The van der Waals surface area contributed by atoms with E-state index in [4.69, 9.17) is 11.6 Å². The Balaban J connectivity index is 0.000000364. The fourth-order valence-corrected chi connectivity index (χ4v) is 4.43. The van der Waals surface area contributed by atoms with E-state index in [1.165, 1.54) is 31.4 Å². The van der Waals surface area contributed by atoms with Gasteiger partial charge in [0.05, 0.1) is 24.7 Å². The monoisotopic (exact) mass is 394 g/mol. The number of benzene rings is 1. The lowest BCUT2D eigenvalue weighted by Crippen LogP contribution is -2.73. The number of carbonyl (C=O) groups excluding carboxylic acids is 2. The average molecular weight is 395 g/mol. The number of carbonyl (C=O) groups is 2. The van der Waals surface area contributed by atoms with Crippen LogP contribution in [-0.4, -0.2) is 41.1 Å². The SMILES string of the molecule is CC1(C)C(=O)C(C2CCCCC2)N1Cc1ccc(F)cc1Cl.O=C1CNC1. The van der Waals surface area contributed by atoms with E-state index >= 15 is 0 Å². The molecule has 2 aliphatic heterocycles. The molecule has 0 aromatic heterocycles. The van der Waals surface area contributed by atoms with Crippen LogP contribution in [0.1, 0.15) is 51.5 Å². The van der Waals surface area contributed by atoms with E-state index in [2.05, 4.69) is 10.2 Å². The predicted molar refractivity (Wildman–Crippen MR) is 104 cm³/mol. The summed E-state index contributed by atoms with van der Waals surface area (Å²) in [5, 5.41) is 3.25. The molecular formula is C21H28ClFN2O2. The topological polar surface area (TPSA) is 49.4 Å². The van der Waals surface area contributed by atoms with Gasteiger partial charge in [-0.3, -0.25) is 14.5 Å². The van der Waals surface area contributed by atoms with Crippen LogP contribution >= 0.6 is 11.6 Å². The summed E-state index contributed by atoms with van der Waals surface area (Å²) < 4.78 is 13.2. The molecule has 27 heavy (non-hydrogen) atoms. The molecule has 4 rings (SSSR count). The van der Waals surface area contributed by atoms with Crippen molar-refractivity contribution < 1.29 is 14.0 Å². The molecule has 1 aliphatic carbocycles. The van der Waals surface area contributed by atoms with Crippen LogP contribution in [0.3, 0.4) is 0 Å². The molecule has 148 valence electrons. The summed E-state index contributed by atoms with van der Waals surface area (Å²) in [5.41, 5.74) is 0.448. The summed E-state index contributed by atoms with van der Waals surface area (Å²) in [6.45, 7) is 5.76. The number of nitrogens with one attached hydrogen (secondary N) is 1. The summed E-state index contributed by atoms with van der Waals surface area (Å²) in [6.07, 6.45) is 6.00. The third-order valence-corrected chi connectivity index (χ3v) is 6.37. The maximum Gasteiger partial charge on any atom is 0.169 e. The van der Waals surface area contributed by atoms with Gasteiger partial charge in [-0.25, -0.2) is 4.39 Å². The van der Waals surface area contributed by atoms with Gasteiger partial charge in [-0.2, -0.15) is 0 Å². The third-order valence-electron chi connectivity index (χ3n) is 6.02. The summed E-state index contributed by atoms with van der Waals surface area (Å²) in [5.74, 6) is 0.813. The lowest BCUT2D eigenvalue weighted by atomic mass is 9.69. The van der Waals surface area contributed by atoms with E-state index in [0.29, 0.717) is 42.1 Å². The summed E-state index contributed by atoms with van der Waals surface area (Å²) in [6, 6.07) is 4.53. The van der Waals surface area contributed by atoms with Crippen LogP contribution in [0.2, 0.25) is 5.02 Å². The second-order valence-electron chi connectivity index (χ2n) is 8.27. The van der Waals surface area contributed by atoms with Crippen LogP contribution < -0.4 is 5.32 Å². The number of hydrogen-bond acceptors (Lipinski definition) is 4. The molecule has 1 N–H and O–H groups in total. The minimum absolute atomic E-state index is 0.0106. The fraction of sp³-hybridized carbons (Fsp3) is 0.619. The Labute approximate surface area is 165 Å². The average Bonchev–Trinajstić information content (AvgIpc) is 2.62. The van der Waals surface area contributed by atoms with Gasteiger partial charge in [0, 0.05) is 11.6 Å². The Morgan fingerprint density at radius 2 is 1.81 bits per heavy atom. The highest BCUT2D eigenvalue weighted by Crippen LogP contribution is 2.43. The maximum absolute atomic E-state index is 13.2. The van der Waals surface area contributed by atoms with Gasteiger partial charge >= 0.3 is 0 Å². The zero-order chi connectivity index (χ0) is 19.6. The van der Waals surface area contributed by atoms with E-state index in [-0.39, 0.29) is 11.9 Å². The first kappa shape index (κ1) is 20.4. The normalized spacial score (nSPS) is 25.3. The molecule has 3 aliphatic rings. The zero-order valence-corrected chi connectivity index (χ0v) is 16.8. The second kappa shape index (κ2) is 8.38. The van der Waals surface area contributed by atoms with Gasteiger partial charge in [0.1, 0.15) is 5.82 Å². The van der Waals surface area contributed by atoms with Crippen molar-refractivity contribution in [2.45, 2.75) is 64.1 Å². The molecule has 0 radical (unpaired) electrons. The molecule has 1 unspecified atom stereocenters. The highest BCUT2D eigenvalue weighted by atomic mass is 35.5. The molecule has 2 saturated heterocycles. The maximum atomic E-state index is 13.2. The Hall–Kier alpha value is -1.30. The molecule has 0 amide bonds. The number of halogens is 2. The first-order valence-electron chi connectivity index (χ1n) is 9.78. The van der Waals surface area contributed by atoms with Gasteiger partial charge in [0.15, 0.2) is 11.6 Å². The number of likely N-dealkylation sites (tertiary alicyclic amines) is 1. The predicted octanol–water partition coefficient (Wildman–Crippen LogP) is 3.75. The minimum atomic E-state index is -0.445. The van der Waals surface area contributed by atoms with Gasteiger partial charge in [0.2, 0.25) is 0 Å². The first-order chi connectivity index (χ1) is 12.8. The lowest BCUT2D eigenvalue weighted by Gasteiger charge is -2.56. The van der Waals surface area contributed by atoms with E-state index in [1.54, 1.807) is 6.07 Å². The molecule has 0 bridgehead atoms. The van der Waals surface area contributed by atoms with Crippen LogP contribution in [-0.2, 0) is 16.1 Å². The number of ketones is 2. The standard InChI is InChI=1S/C18H23ClFNO.C3H5NO/c1-18(2)17(22)16(12-6-4-3-5-7-12)21(18)11-13-8-9-14(20)10-15(13)19;5-3-1-4-2-3/h8-10,12,16H,3-7,11H2,1-2H3;4H,1-2H2. The molecule has 4 nitrogen and oxygen atoms in total. The van der Waals surface area contributed by atoms with E-state index in [9.17, 15) is 14.0 Å². The minimum Gasteiger partial charge on any atom is -0.303 e. The summed E-state index contributed by atoms with van der Waals surface area (Å²) >= 11 is 6.17. The van der Waals surface area contributed by atoms with E-state index < -0.39 is 5.54 Å². The quantitative estimate of drug-likeness (QED) is 0.848. The third kappa shape index (κ3) is 4.41. The van der Waals surface area contributed by atoms with Crippen LogP contribution in [0.5, 0.6) is 0 Å². The van der Waals surface area contributed by atoms with Crippen molar-refractivity contribution in [1.82, 2.24) is 10.2 Å².